The van der Waals surface area contributed by atoms with E-state index in [4.69, 9.17) is 0 Å². The summed E-state index contributed by atoms with van der Waals surface area (Å²) in [4.78, 5) is 26.7. The van der Waals surface area contributed by atoms with E-state index in [1.54, 1.807) is 4.90 Å². The van der Waals surface area contributed by atoms with Crippen LogP contribution >= 0.6 is 15.9 Å². The SMILES string of the molecule is CC(C)c1ccccc1NC(=O)[C@@H]1CC(=O)N(c2ccc(Br)cc2)C1. The van der Waals surface area contributed by atoms with Gasteiger partial charge in [0, 0.05) is 28.8 Å². The van der Waals surface area contributed by atoms with Crippen LogP contribution in [-0.2, 0) is 9.59 Å². The predicted molar refractivity (Wildman–Crippen MR) is 104 cm³/mol. The number of anilines is 2. The summed E-state index contributed by atoms with van der Waals surface area (Å²) in [6.07, 6.45) is 0.242. The third-order valence-corrected chi connectivity index (χ3v) is 5.00. The molecule has 25 heavy (non-hydrogen) atoms. The molecule has 0 saturated carbocycles. The fourth-order valence-corrected chi connectivity index (χ4v) is 3.37. The average Bonchev–Trinajstić information content (AvgIpc) is 2.98. The summed E-state index contributed by atoms with van der Waals surface area (Å²) >= 11 is 3.39. The zero-order valence-corrected chi connectivity index (χ0v) is 15.9. The molecule has 5 heteroatoms. The molecule has 0 spiro atoms. The Balaban J connectivity index is 1.72. The molecule has 0 radical (unpaired) electrons. The number of nitrogens with one attached hydrogen (secondary N) is 1. The van der Waals surface area contributed by atoms with Crippen molar-refractivity contribution in [2.75, 3.05) is 16.8 Å². The highest BCUT2D eigenvalue weighted by Crippen LogP contribution is 2.29. The van der Waals surface area contributed by atoms with Crippen LogP contribution in [0.3, 0.4) is 0 Å². The van der Waals surface area contributed by atoms with Crippen molar-refractivity contribution in [3.8, 4) is 0 Å². The maximum atomic E-state index is 12.7. The molecular formula is C20H21BrN2O2. The maximum absolute atomic E-state index is 12.7. The Kier molecular flexibility index (Phi) is 5.23. The van der Waals surface area contributed by atoms with Crippen LogP contribution in [0, 0.1) is 5.92 Å². The molecule has 1 aliphatic heterocycles. The van der Waals surface area contributed by atoms with Gasteiger partial charge in [0.2, 0.25) is 11.8 Å². The highest BCUT2D eigenvalue weighted by atomic mass is 79.9. The standard InChI is InChI=1S/C20H21BrN2O2/c1-13(2)17-5-3-4-6-18(17)22-20(25)14-11-19(24)23(12-14)16-9-7-15(21)8-10-16/h3-10,13-14H,11-12H2,1-2H3,(H,22,25)/t14-/m1/s1. The number of rotatable bonds is 4. The summed E-state index contributed by atoms with van der Waals surface area (Å²) in [5, 5.41) is 3.01. The minimum Gasteiger partial charge on any atom is -0.326 e. The van der Waals surface area contributed by atoms with Crippen molar-refractivity contribution in [1.29, 1.82) is 0 Å². The lowest BCUT2D eigenvalue weighted by molar-refractivity contribution is -0.122. The average molecular weight is 401 g/mol. The van der Waals surface area contributed by atoms with E-state index in [0.717, 1.165) is 21.4 Å². The van der Waals surface area contributed by atoms with Gasteiger partial charge in [0.05, 0.1) is 5.92 Å². The topological polar surface area (TPSA) is 49.4 Å². The Labute approximate surface area is 156 Å². The second kappa shape index (κ2) is 7.40. The largest absolute Gasteiger partial charge is 0.326 e. The predicted octanol–water partition coefficient (Wildman–Crippen LogP) is 4.56. The van der Waals surface area contributed by atoms with Crippen molar-refractivity contribution < 1.29 is 9.59 Å². The molecule has 2 amide bonds. The lowest BCUT2D eigenvalue weighted by Crippen LogP contribution is -2.28. The zero-order valence-electron chi connectivity index (χ0n) is 14.3. The first-order chi connectivity index (χ1) is 12.0. The highest BCUT2D eigenvalue weighted by Gasteiger charge is 2.35. The van der Waals surface area contributed by atoms with Gasteiger partial charge in [-0.2, -0.15) is 0 Å². The van der Waals surface area contributed by atoms with E-state index in [-0.39, 0.29) is 24.2 Å². The molecule has 2 aromatic carbocycles. The Hall–Kier alpha value is -2.14. The normalized spacial score (nSPS) is 17.2. The van der Waals surface area contributed by atoms with Gasteiger partial charge in [0.25, 0.3) is 0 Å². The Morgan fingerprint density at radius 2 is 1.84 bits per heavy atom. The number of carbonyl (C=O) groups excluding carboxylic acids is 2. The van der Waals surface area contributed by atoms with Gasteiger partial charge in [-0.05, 0) is 41.8 Å². The summed E-state index contributed by atoms with van der Waals surface area (Å²) in [5.41, 5.74) is 2.76. The molecule has 0 unspecified atom stereocenters. The zero-order chi connectivity index (χ0) is 18.0. The summed E-state index contributed by atoms with van der Waals surface area (Å²) in [6, 6.07) is 15.4. The van der Waals surface area contributed by atoms with Gasteiger partial charge in [0.15, 0.2) is 0 Å². The van der Waals surface area contributed by atoms with E-state index in [2.05, 4.69) is 35.1 Å². The molecule has 1 N–H and O–H groups in total. The van der Waals surface area contributed by atoms with E-state index < -0.39 is 0 Å². The summed E-state index contributed by atoms with van der Waals surface area (Å²) in [5.74, 6) is -0.127. The van der Waals surface area contributed by atoms with Crippen molar-refractivity contribution in [2.45, 2.75) is 26.2 Å². The van der Waals surface area contributed by atoms with Crippen LogP contribution in [0.5, 0.6) is 0 Å². The van der Waals surface area contributed by atoms with Gasteiger partial charge in [-0.1, -0.05) is 48.0 Å². The van der Waals surface area contributed by atoms with Crippen LogP contribution in [0.15, 0.2) is 53.0 Å². The van der Waals surface area contributed by atoms with E-state index in [1.807, 2.05) is 48.5 Å². The lowest BCUT2D eigenvalue weighted by atomic mass is 10.0. The number of nitrogens with zero attached hydrogens (tertiary/aromatic N) is 1. The summed E-state index contributed by atoms with van der Waals surface area (Å²) in [7, 11) is 0. The van der Waals surface area contributed by atoms with E-state index >= 15 is 0 Å². The lowest BCUT2D eigenvalue weighted by Gasteiger charge is -2.18. The van der Waals surface area contributed by atoms with Crippen LogP contribution in [0.2, 0.25) is 0 Å². The highest BCUT2D eigenvalue weighted by molar-refractivity contribution is 9.10. The Morgan fingerprint density at radius 1 is 1.16 bits per heavy atom. The van der Waals surface area contributed by atoms with Crippen LogP contribution < -0.4 is 10.2 Å². The molecule has 3 rings (SSSR count). The Morgan fingerprint density at radius 3 is 2.52 bits per heavy atom. The van der Waals surface area contributed by atoms with Gasteiger partial charge in [-0.3, -0.25) is 9.59 Å². The van der Waals surface area contributed by atoms with Crippen molar-refractivity contribution >= 4 is 39.1 Å². The second-order valence-corrected chi connectivity index (χ2v) is 7.53. The molecule has 0 aliphatic carbocycles. The molecule has 0 aromatic heterocycles. The number of carbonyl (C=O) groups is 2. The first-order valence-corrected chi connectivity index (χ1v) is 9.20. The van der Waals surface area contributed by atoms with Crippen LogP contribution in [0.25, 0.3) is 0 Å². The van der Waals surface area contributed by atoms with Crippen LogP contribution in [-0.4, -0.2) is 18.4 Å². The number of hydrogen-bond acceptors (Lipinski definition) is 2. The van der Waals surface area contributed by atoms with Crippen molar-refractivity contribution in [1.82, 2.24) is 0 Å². The monoisotopic (exact) mass is 400 g/mol. The van der Waals surface area contributed by atoms with E-state index in [1.165, 1.54) is 0 Å². The number of halogens is 1. The molecule has 2 aromatic rings. The Bertz CT molecular complexity index is 787. The van der Waals surface area contributed by atoms with Gasteiger partial charge in [-0.15, -0.1) is 0 Å². The fraction of sp³-hybridized carbons (Fsp3) is 0.300. The third-order valence-electron chi connectivity index (χ3n) is 4.47. The van der Waals surface area contributed by atoms with Gasteiger partial charge >= 0.3 is 0 Å². The first-order valence-electron chi connectivity index (χ1n) is 8.41. The van der Waals surface area contributed by atoms with E-state index in [0.29, 0.717) is 12.5 Å². The minimum absolute atomic E-state index is 0.0142. The maximum Gasteiger partial charge on any atom is 0.229 e. The van der Waals surface area contributed by atoms with E-state index in [9.17, 15) is 9.59 Å². The van der Waals surface area contributed by atoms with Gasteiger partial charge < -0.3 is 10.2 Å². The molecule has 1 heterocycles. The van der Waals surface area contributed by atoms with Crippen molar-refractivity contribution in [3.63, 3.8) is 0 Å². The van der Waals surface area contributed by atoms with Gasteiger partial charge in [-0.25, -0.2) is 0 Å². The molecule has 1 fully saturated rings. The number of benzene rings is 2. The number of hydrogen-bond donors (Lipinski definition) is 1. The summed E-state index contributed by atoms with van der Waals surface area (Å²) < 4.78 is 0.961. The molecule has 4 nitrogen and oxygen atoms in total. The van der Waals surface area contributed by atoms with Crippen molar-refractivity contribution in [2.24, 2.45) is 5.92 Å². The molecule has 1 saturated heterocycles. The molecule has 1 atom stereocenters. The van der Waals surface area contributed by atoms with Crippen LogP contribution in [0.4, 0.5) is 11.4 Å². The fourth-order valence-electron chi connectivity index (χ4n) is 3.10. The van der Waals surface area contributed by atoms with Crippen molar-refractivity contribution in [3.05, 3.63) is 58.6 Å². The third kappa shape index (κ3) is 3.93. The molecular weight excluding hydrogens is 380 g/mol. The number of para-hydroxylation sites is 1. The smallest absolute Gasteiger partial charge is 0.229 e. The van der Waals surface area contributed by atoms with Gasteiger partial charge in [0.1, 0.15) is 0 Å². The minimum atomic E-state index is -0.337. The first kappa shape index (κ1) is 17.7. The second-order valence-electron chi connectivity index (χ2n) is 6.61. The molecule has 0 bridgehead atoms. The quantitative estimate of drug-likeness (QED) is 0.817. The number of amides is 2. The van der Waals surface area contributed by atoms with Crippen LogP contribution in [0.1, 0.15) is 31.7 Å². The summed E-state index contributed by atoms with van der Waals surface area (Å²) in [6.45, 7) is 4.61. The molecule has 130 valence electrons. The molecule has 1 aliphatic rings.